The van der Waals surface area contributed by atoms with Gasteiger partial charge in [-0.1, -0.05) is 50.3 Å². The summed E-state index contributed by atoms with van der Waals surface area (Å²) < 4.78 is 0. The van der Waals surface area contributed by atoms with E-state index in [1.807, 2.05) is 6.20 Å². The van der Waals surface area contributed by atoms with Crippen molar-refractivity contribution in [1.82, 2.24) is 10.3 Å². The lowest BCUT2D eigenvalue weighted by Crippen LogP contribution is -2.22. The highest BCUT2D eigenvalue weighted by Gasteiger charge is 2.15. The molecule has 0 aliphatic carbocycles. The molecule has 2 aromatic rings. The summed E-state index contributed by atoms with van der Waals surface area (Å²) in [6.45, 7) is 9.36. The predicted octanol–water partition coefficient (Wildman–Crippen LogP) is 4.24. The van der Waals surface area contributed by atoms with Crippen LogP contribution in [0, 0.1) is 0 Å². The van der Waals surface area contributed by atoms with Gasteiger partial charge in [0.05, 0.1) is 11.7 Å². The minimum atomic E-state index is 0.253. The van der Waals surface area contributed by atoms with Crippen LogP contribution in [0.2, 0.25) is 0 Å². The third-order valence-corrected chi connectivity index (χ3v) is 3.48. The summed E-state index contributed by atoms with van der Waals surface area (Å²) in [6, 6.07) is 10.7. The van der Waals surface area contributed by atoms with E-state index in [9.17, 15) is 0 Å². The number of pyridine rings is 1. The molecule has 0 saturated heterocycles. The molecule has 0 amide bonds. The van der Waals surface area contributed by atoms with Gasteiger partial charge in [-0.05, 0) is 30.8 Å². The molecule has 1 aromatic heterocycles. The zero-order chi connectivity index (χ0) is 13.7. The van der Waals surface area contributed by atoms with E-state index >= 15 is 0 Å². The maximum atomic E-state index is 4.61. The van der Waals surface area contributed by atoms with E-state index in [1.54, 1.807) is 0 Å². The molecule has 0 radical (unpaired) electrons. The standard InChI is InChI=1S/C17H22N2/c1-4-13(3)12-16(18-5-2)17-15-9-7-6-8-14(15)10-11-19-17/h6-11,16,18H,3-5,12H2,1-2H3. The van der Waals surface area contributed by atoms with Gasteiger partial charge in [0.15, 0.2) is 0 Å². The van der Waals surface area contributed by atoms with Gasteiger partial charge in [0.2, 0.25) is 0 Å². The van der Waals surface area contributed by atoms with Gasteiger partial charge in [0, 0.05) is 11.6 Å². The van der Waals surface area contributed by atoms with Gasteiger partial charge in [0.1, 0.15) is 0 Å². The van der Waals surface area contributed by atoms with Gasteiger partial charge in [-0.2, -0.15) is 0 Å². The van der Waals surface area contributed by atoms with Crippen molar-refractivity contribution in [3.63, 3.8) is 0 Å². The molecule has 0 fully saturated rings. The smallest absolute Gasteiger partial charge is 0.0654 e. The second kappa shape index (κ2) is 6.48. The van der Waals surface area contributed by atoms with Gasteiger partial charge in [-0.25, -0.2) is 0 Å². The molecule has 2 rings (SSSR count). The quantitative estimate of drug-likeness (QED) is 0.780. The molecule has 19 heavy (non-hydrogen) atoms. The first-order valence-corrected chi connectivity index (χ1v) is 7.00. The summed E-state index contributed by atoms with van der Waals surface area (Å²) in [5.74, 6) is 0. The van der Waals surface area contributed by atoms with Crippen LogP contribution >= 0.6 is 0 Å². The van der Waals surface area contributed by atoms with E-state index in [0.717, 1.165) is 25.1 Å². The van der Waals surface area contributed by atoms with Crippen LogP contribution in [0.5, 0.6) is 0 Å². The molecule has 1 aromatic carbocycles. The lowest BCUT2D eigenvalue weighted by Gasteiger charge is -2.20. The molecule has 2 nitrogen and oxygen atoms in total. The zero-order valence-corrected chi connectivity index (χ0v) is 11.8. The second-order valence-electron chi connectivity index (χ2n) is 4.84. The second-order valence-corrected chi connectivity index (χ2v) is 4.84. The lowest BCUT2D eigenvalue weighted by atomic mass is 9.98. The number of hydrogen-bond donors (Lipinski definition) is 1. The Labute approximate surface area is 115 Å². The van der Waals surface area contributed by atoms with Gasteiger partial charge >= 0.3 is 0 Å². The largest absolute Gasteiger partial charge is 0.309 e. The van der Waals surface area contributed by atoms with E-state index in [2.05, 4.69) is 61.1 Å². The van der Waals surface area contributed by atoms with Crippen LogP contribution < -0.4 is 5.32 Å². The minimum absolute atomic E-state index is 0.253. The van der Waals surface area contributed by atoms with Crippen molar-refractivity contribution in [2.75, 3.05) is 6.54 Å². The van der Waals surface area contributed by atoms with Crippen LogP contribution in [0.3, 0.4) is 0 Å². The molecule has 0 bridgehead atoms. The van der Waals surface area contributed by atoms with Gasteiger partial charge in [-0.15, -0.1) is 0 Å². The topological polar surface area (TPSA) is 24.9 Å². The Bertz CT molecular complexity index is 555. The molecule has 0 aliphatic rings. The Balaban J connectivity index is 2.40. The van der Waals surface area contributed by atoms with Crippen molar-refractivity contribution >= 4 is 10.8 Å². The summed E-state index contributed by atoms with van der Waals surface area (Å²) in [4.78, 5) is 4.61. The van der Waals surface area contributed by atoms with Crippen molar-refractivity contribution in [2.45, 2.75) is 32.7 Å². The van der Waals surface area contributed by atoms with Crippen LogP contribution in [0.25, 0.3) is 10.8 Å². The fourth-order valence-electron chi connectivity index (χ4n) is 2.37. The maximum Gasteiger partial charge on any atom is 0.0654 e. The fraction of sp³-hybridized carbons (Fsp3) is 0.353. The summed E-state index contributed by atoms with van der Waals surface area (Å²) in [5.41, 5.74) is 2.40. The Morgan fingerprint density at radius 2 is 2.05 bits per heavy atom. The molecule has 100 valence electrons. The summed E-state index contributed by atoms with van der Waals surface area (Å²) in [5, 5.41) is 6.02. The van der Waals surface area contributed by atoms with E-state index in [-0.39, 0.29) is 6.04 Å². The van der Waals surface area contributed by atoms with Crippen molar-refractivity contribution in [3.05, 3.63) is 54.4 Å². The zero-order valence-electron chi connectivity index (χ0n) is 11.8. The van der Waals surface area contributed by atoms with Crippen molar-refractivity contribution in [3.8, 4) is 0 Å². The van der Waals surface area contributed by atoms with Crippen LogP contribution in [-0.2, 0) is 0 Å². The molecule has 1 heterocycles. The highest BCUT2D eigenvalue weighted by molar-refractivity contribution is 5.84. The number of rotatable bonds is 6. The minimum Gasteiger partial charge on any atom is -0.309 e. The van der Waals surface area contributed by atoms with E-state index < -0.39 is 0 Å². The normalized spacial score (nSPS) is 12.5. The summed E-state index contributed by atoms with van der Waals surface area (Å²) in [7, 11) is 0. The van der Waals surface area contributed by atoms with E-state index in [1.165, 1.54) is 16.3 Å². The summed E-state index contributed by atoms with van der Waals surface area (Å²) in [6.07, 6.45) is 3.87. The first kappa shape index (κ1) is 13.8. The van der Waals surface area contributed by atoms with Crippen LogP contribution in [-0.4, -0.2) is 11.5 Å². The average molecular weight is 254 g/mol. The number of aromatic nitrogens is 1. The van der Waals surface area contributed by atoms with E-state index in [0.29, 0.717) is 0 Å². The number of fused-ring (bicyclic) bond motifs is 1. The Hall–Kier alpha value is -1.67. The third-order valence-electron chi connectivity index (χ3n) is 3.48. The molecule has 1 N–H and O–H groups in total. The highest BCUT2D eigenvalue weighted by atomic mass is 14.9. The van der Waals surface area contributed by atoms with Crippen LogP contribution in [0.15, 0.2) is 48.7 Å². The molecule has 0 aliphatic heterocycles. The van der Waals surface area contributed by atoms with Gasteiger partial charge in [-0.3, -0.25) is 4.98 Å². The molecular weight excluding hydrogens is 232 g/mol. The first-order valence-electron chi connectivity index (χ1n) is 7.00. The molecule has 1 atom stereocenters. The van der Waals surface area contributed by atoms with Crippen molar-refractivity contribution in [2.24, 2.45) is 0 Å². The average Bonchev–Trinajstić information content (AvgIpc) is 2.46. The molecule has 2 heteroatoms. The van der Waals surface area contributed by atoms with Crippen molar-refractivity contribution < 1.29 is 0 Å². The third kappa shape index (κ3) is 3.21. The Morgan fingerprint density at radius 3 is 2.79 bits per heavy atom. The first-order chi connectivity index (χ1) is 9.26. The lowest BCUT2D eigenvalue weighted by molar-refractivity contribution is 0.534. The monoisotopic (exact) mass is 254 g/mol. The fourth-order valence-corrected chi connectivity index (χ4v) is 2.37. The highest BCUT2D eigenvalue weighted by Crippen LogP contribution is 2.26. The molecule has 0 saturated carbocycles. The van der Waals surface area contributed by atoms with Gasteiger partial charge < -0.3 is 5.32 Å². The number of nitrogens with one attached hydrogen (secondary N) is 1. The van der Waals surface area contributed by atoms with Crippen LogP contribution in [0.1, 0.15) is 38.4 Å². The molecular formula is C17H22N2. The van der Waals surface area contributed by atoms with Crippen LogP contribution in [0.4, 0.5) is 0 Å². The summed E-state index contributed by atoms with van der Waals surface area (Å²) >= 11 is 0. The predicted molar refractivity (Wildman–Crippen MR) is 82.2 cm³/mol. The van der Waals surface area contributed by atoms with Gasteiger partial charge in [0.25, 0.3) is 0 Å². The molecule has 0 spiro atoms. The van der Waals surface area contributed by atoms with E-state index in [4.69, 9.17) is 0 Å². The number of nitrogens with zero attached hydrogens (tertiary/aromatic N) is 1. The number of hydrogen-bond acceptors (Lipinski definition) is 2. The van der Waals surface area contributed by atoms with Crippen molar-refractivity contribution in [1.29, 1.82) is 0 Å². The molecule has 1 unspecified atom stereocenters. The maximum absolute atomic E-state index is 4.61. The number of benzene rings is 1. The Kier molecular flexibility index (Phi) is 4.69. The Morgan fingerprint density at radius 1 is 1.26 bits per heavy atom. The SMILES string of the molecule is C=C(CC)CC(NCC)c1nccc2ccccc12.